The number of hydrogen-bond acceptors (Lipinski definition) is 1. The van der Waals surface area contributed by atoms with E-state index < -0.39 is 12.2 Å². The van der Waals surface area contributed by atoms with Crippen molar-refractivity contribution in [3.8, 4) is 11.8 Å². The Morgan fingerprint density at radius 2 is 1.40 bits per heavy atom. The van der Waals surface area contributed by atoms with Gasteiger partial charge in [-0.1, -0.05) is 48.2 Å². The van der Waals surface area contributed by atoms with Crippen molar-refractivity contribution in [3.63, 3.8) is 0 Å². The zero-order valence-electron chi connectivity index (χ0n) is 10.5. The molecule has 1 N–H and O–H groups in total. The van der Waals surface area contributed by atoms with Crippen LogP contribution in [-0.2, 0) is 0 Å². The summed E-state index contributed by atoms with van der Waals surface area (Å²) >= 11 is 0. The molecule has 0 bridgehead atoms. The summed E-state index contributed by atoms with van der Waals surface area (Å²) in [5.74, 6) is 4.78. The summed E-state index contributed by atoms with van der Waals surface area (Å²) in [7, 11) is 0. The molecule has 4 heteroatoms. The van der Waals surface area contributed by atoms with Crippen molar-refractivity contribution in [2.75, 3.05) is 5.32 Å². The Hall–Kier alpha value is -2.41. The Balaban J connectivity index is 2.20. The van der Waals surface area contributed by atoms with Crippen molar-refractivity contribution in [1.82, 2.24) is 0 Å². The van der Waals surface area contributed by atoms with Gasteiger partial charge in [0.15, 0.2) is 6.04 Å². The highest BCUT2D eigenvalue weighted by molar-refractivity contribution is 5.47. The van der Waals surface area contributed by atoms with Crippen LogP contribution in [0.1, 0.15) is 5.56 Å². The fourth-order valence-corrected chi connectivity index (χ4v) is 1.58. The number of anilines is 1. The van der Waals surface area contributed by atoms with E-state index in [0.717, 1.165) is 0 Å². The summed E-state index contributed by atoms with van der Waals surface area (Å²) in [6.45, 7) is 0. The van der Waals surface area contributed by atoms with Crippen LogP contribution < -0.4 is 5.32 Å². The van der Waals surface area contributed by atoms with Crippen LogP contribution in [0.2, 0.25) is 0 Å². The number of halogens is 3. The van der Waals surface area contributed by atoms with Gasteiger partial charge in [0.05, 0.1) is 0 Å². The van der Waals surface area contributed by atoms with E-state index in [-0.39, 0.29) is 0 Å². The average Bonchev–Trinajstić information content (AvgIpc) is 2.44. The van der Waals surface area contributed by atoms with Crippen LogP contribution in [0.25, 0.3) is 0 Å². The Labute approximate surface area is 115 Å². The lowest BCUT2D eigenvalue weighted by Crippen LogP contribution is -2.34. The first-order chi connectivity index (χ1) is 9.55. The van der Waals surface area contributed by atoms with Crippen LogP contribution in [0.5, 0.6) is 0 Å². The summed E-state index contributed by atoms with van der Waals surface area (Å²) in [6, 6.07) is 14.9. The maximum absolute atomic E-state index is 12.9. The van der Waals surface area contributed by atoms with E-state index in [9.17, 15) is 13.2 Å². The van der Waals surface area contributed by atoms with Crippen LogP contribution in [0.3, 0.4) is 0 Å². The number of nitrogens with one attached hydrogen (secondary N) is 1. The lowest BCUT2D eigenvalue weighted by Gasteiger charge is -2.17. The molecular weight excluding hydrogens is 263 g/mol. The van der Waals surface area contributed by atoms with E-state index >= 15 is 0 Å². The Morgan fingerprint density at radius 3 is 1.95 bits per heavy atom. The normalized spacial score (nSPS) is 12.2. The fraction of sp³-hybridized carbons (Fsp3) is 0.125. The lowest BCUT2D eigenvalue weighted by atomic mass is 10.2. The molecule has 0 aliphatic heterocycles. The zero-order valence-corrected chi connectivity index (χ0v) is 10.5. The summed E-state index contributed by atoms with van der Waals surface area (Å²) < 4.78 is 38.8. The van der Waals surface area contributed by atoms with Crippen LogP contribution in [0.4, 0.5) is 18.9 Å². The molecular formula is C16H12F3N. The Kier molecular flexibility index (Phi) is 4.31. The van der Waals surface area contributed by atoms with Gasteiger partial charge in [-0.05, 0) is 24.3 Å². The van der Waals surface area contributed by atoms with Crippen LogP contribution >= 0.6 is 0 Å². The van der Waals surface area contributed by atoms with Crippen molar-refractivity contribution in [2.45, 2.75) is 12.2 Å². The van der Waals surface area contributed by atoms with E-state index in [0.29, 0.717) is 11.3 Å². The summed E-state index contributed by atoms with van der Waals surface area (Å²) in [4.78, 5) is 0. The SMILES string of the molecule is FC(F)(F)[C@@H](C#Cc1ccccc1)Nc1ccccc1. The average molecular weight is 275 g/mol. The summed E-state index contributed by atoms with van der Waals surface area (Å²) in [6.07, 6.45) is -4.43. The third-order valence-electron chi connectivity index (χ3n) is 2.55. The van der Waals surface area contributed by atoms with E-state index in [1.807, 2.05) is 0 Å². The molecule has 1 nitrogen and oxygen atoms in total. The largest absolute Gasteiger partial charge is 0.420 e. The third-order valence-corrected chi connectivity index (χ3v) is 2.55. The van der Waals surface area contributed by atoms with Gasteiger partial charge in [0.1, 0.15) is 0 Å². The van der Waals surface area contributed by atoms with Crippen LogP contribution in [-0.4, -0.2) is 12.2 Å². The molecule has 0 amide bonds. The second-order valence-corrected chi connectivity index (χ2v) is 4.12. The molecule has 0 saturated heterocycles. The molecule has 20 heavy (non-hydrogen) atoms. The highest BCUT2D eigenvalue weighted by Gasteiger charge is 2.38. The molecule has 0 aliphatic rings. The van der Waals surface area contributed by atoms with Gasteiger partial charge in [0, 0.05) is 11.3 Å². The van der Waals surface area contributed by atoms with Gasteiger partial charge in [-0.2, -0.15) is 13.2 Å². The van der Waals surface area contributed by atoms with Gasteiger partial charge in [-0.25, -0.2) is 0 Å². The van der Waals surface area contributed by atoms with E-state index in [1.54, 1.807) is 60.7 Å². The number of benzene rings is 2. The predicted octanol–water partition coefficient (Wildman–Crippen LogP) is 4.08. The molecule has 2 rings (SSSR count). The molecule has 0 fully saturated rings. The Bertz CT molecular complexity index is 594. The van der Waals surface area contributed by atoms with Crippen molar-refractivity contribution < 1.29 is 13.2 Å². The molecule has 0 heterocycles. The van der Waals surface area contributed by atoms with Gasteiger partial charge in [-0.3, -0.25) is 0 Å². The minimum absolute atomic E-state index is 0.386. The highest BCUT2D eigenvalue weighted by Crippen LogP contribution is 2.23. The van der Waals surface area contributed by atoms with Gasteiger partial charge in [0.2, 0.25) is 0 Å². The second kappa shape index (κ2) is 6.16. The molecule has 0 aliphatic carbocycles. The van der Waals surface area contributed by atoms with Gasteiger partial charge >= 0.3 is 6.18 Å². The van der Waals surface area contributed by atoms with E-state index in [1.165, 1.54) is 0 Å². The quantitative estimate of drug-likeness (QED) is 0.814. The molecule has 2 aromatic rings. The van der Waals surface area contributed by atoms with E-state index in [4.69, 9.17) is 0 Å². The predicted molar refractivity (Wildman–Crippen MR) is 73.2 cm³/mol. The monoisotopic (exact) mass is 275 g/mol. The topological polar surface area (TPSA) is 12.0 Å². The number of alkyl halides is 3. The smallest absolute Gasteiger partial charge is 0.364 e. The van der Waals surface area contributed by atoms with Crippen molar-refractivity contribution in [1.29, 1.82) is 0 Å². The fourth-order valence-electron chi connectivity index (χ4n) is 1.58. The number of hydrogen-bond donors (Lipinski definition) is 1. The molecule has 1 atom stereocenters. The number of para-hydroxylation sites is 1. The van der Waals surface area contributed by atoms with Crippen LogP contribution in [0.15, 0.2) is 60.7 Å². The molecule has 2 aromatic carbocycles. The van der Waals surface area contributed by atoms with E-state index in [2.05, 4.69) is 17.2 Å². The maximum Gasteiger partial charge on any atom is 0.420 e. The standard InChI is InChI=1S/C16H12F3N/c17-16(18,19)15(20-14-9-5-2-6-10-14)12-11-13-7-3-1-4-8-13/h1-10,15,20H/t15-/m1/s1. The van der Waals surface area contributed by atoms with Crippen LogP contribution in [0, 0.1) is 11.8 Å². The van der Waals surface area contributed by atoms with Crippen molar-refractivity contribution in [2.24, 2.45) is 0 Å². The van der Waals surface area contributed by atoms with Gasteiger partial charge in [-0.15, -0.1) is 0 Å². The molecule has 0 aromatic heterocycles. The first-order valence-corrected chi connectivity index (χ1v) is 6.00. The lowest BCUT2D eigenvalue weighted by molar-refractivity contribution is -0.130. The summed E-state index contributed by atoms with van der Waals surface area (Å²) in [5, 5.41) is 2.39. The molecule has 102 valence electrons. The molecule has 0 spiro atoms. The minimum Gasteiger partial charge on any atom is -0.364 e. The maximum atomic E-state index is 12.9. The first-order valence-electron chi connectivity index (χ1n) is 6.00. The van der Waals surface area contributed by atoms with Crippen molar-refractivity contribution in [3.05, 3.63) is 66.2 Å². The molecule has 0 saturated carbocycles. The summed E-state index contributed by atoms with van der Waals surface area (Å²) in [5.41, 5.74) is 0.939. The molecule has 0 unspecified atom stereocenters. The Morgan fingerprint density at radius 1 is 0.850 bits per heavy atom. The first kappa shape index (κ1) is 14.0. The van der Waals surface area contributed by atoms with Crippen molar-refractivity contribution >= 4 is 5.69 Å². The van der Waals surface area contributed by atoms with Gasteiger partial charge < -0.3 is 5.32 Å². The molecule has 0 radical (unpaired) electrons. The number of rotatable bonds is 2. The van der Waals surface area contributed by atoms with Gasteiger partial charge in [0.25, 0.3) is 0 Å². The second-order valence-electron chi connectivity index (χ2n) is 4.12. The third kappa shape index (κ3) is 4.06. The highest BCUT2D eigenvalue weighted by atomic mass is 19.4. The zero-order chi connectivity index (χ0) is 14.4. The minimum atomic E-state index is -4.43.